The van der Waals surface area contributed by atoms with E-state index in [-0.39, 0.29) is 12.6 Å². The van der Waals surface area contributed by atoms with Crippen molar-refractivity contribution in [1.82, 2.24) is 15.1 Å². The Morgan fingerprint density at radius 2 is 1.86 bits per heavy atom. The zero-order chi connectivity index (χ0) is 15.7. The van der Waals surface area contributed by atoms with Gasteiger partial charge in [-0.1, -0.05) is 0 Å². The molecule has 1 fully saturated rings. The topological polar surface area (TPSA) is 119 Å². The monoisotopic (exact) mass is 302 g/mol. The number of aliphatic hydroxyl groups is 1. The highest BCUT2D eigenvalue weighted by Gasteiger charge is 2.20. The van der Waals surface area contributed by atoms with Gasteiger partial charge in [0.25, 0.3) is 0 Å². The Labute approximate surface area is 124 Å². The van der Waals surface area contributed by atoms with Gasteiger partial charge in [0.2, 0.25) is 0 Å². The van der Waals surface area contributed by atoms with Crippen molar-refractivity contribution in [2.24, 2.45) is 5.73 Å². The number of β-amino-alcohol motifs (C(OH)–C–C–N with tert-alkyl or cyclic N) is 1. The SMILES string of the molecule is N[C@@H](CCCCNC(=O)N1CCN(CCO)CC1)C(=O)O. The van der Waals surface area contributed by atoms with E-state index in [1.807, 2.05) is 0 Å². The minimum Gasteiger partial charge on any atom is -0.480 e. The van der Waals surface area contributed by atoms with Crippen molar-refractivity contribution in [3.05, 3.63) is 0 Å². The van der Waals surface area contributed by atoms with Crippen molar-refractivity contribution in [1.29, 1.82) is 0 Å². The molecule has 0 unspecified atom stereocenters. The number of unbranched alkanes of at least 4 members (excludes halogenated alkanes) is 1. The first-order chi connectivity index (χ1) is 10.0. The van der Waals surface area contributed by atoms with Crippen LogP contribution in [-0.2, 0) is 4.79 Å². The Morgan fingerprint density at radius 3 is 2.43 bits per heavy atom. The summed E-state index contributed by atoms with van der Waals surface area (Å²) in [6.45, 7) is 4.21. The molecule has 1 aliphatic heterocycles. The van der Waals surface area contributed by atoms with Crippen LogP contribution in [0.25, 0.3) is 0 Å². The second-order valence-corrected chi connectivity index (χ2v) is 5.22. The van der Waals surface area contributed by atoms with Gasteiger partial charge in [-0.05, 0) is 19.3 Å². The van der Waals surface area contributed by atoms with E-state index in [0.29, 0.717) is 39.0 Å². The van der Waals surface area contributed by atoms with Gasteiger partial charge in [-0.25, -0.2) is 4.79 Å². The fraction of sp³-hybridized carbons (Fsp3) is 0.846. The Bertz CT molecular complexity index is 332. The van der Waals surface area contributed by atoms with E-state index in [9.17, 15) is 9.59 Å². The number of hydrogen-bond donors (Lipinski definition) is 4. The quantitative estimate of drug-likeness (QED) is 0.422. The molecule has 8 nitrogen and oxygen atoms in total. The maximum absolute atomic E-state index is 11.9. The number of carbonyl (C=O) groups excluding carboxylic acids is 1. The predicted molar refractivity (Wildman–Crippen MR) is 78.0 cm³/mol. The van der Waals surface area contributed by atoms with Gasteiger partial charge in [-0.2, -0.15) is 0 Å². The zero-order valence-corrected chi connectivity index (χ0v) is 12.3. The summed E-state index contributed by atoms with van der Waals surface area (Å²) in [5, 5.41) is 20.3. The molecule has 0 aromatic rings. The standard InChI is InChI=1S/C13H26N4O4/c14-11(12(19)20)3-1-2-4-15-13(21)17-7-5-16(6-8-17)9-10-18/h11,18H,1-10,14H2,(H,15,21)(H,19,20)/t11-/m0/s1. The summed E-state index contributed by atoms with van der Waals surface area (Å²) in [5.74, 6) is -0.986. The summed E-state index contributed by atoms with van der Waals surface area (Å²) in [4.78, 5) is 26.3. The highest BCUT2D eigenvalue weighted by molar-refractivity contribution is 5.74. The fourth-order valence-electron chi connectivity index (χ4n) is 2.24. The molecule has 1 heterocycles. The minimum absolute atomic E-state index is 0.0822. The van der Waals surface area contributed by atoms with Crippen LogP contribution in [0, 0.1) is 0 Å². The number of nitrogens with one attached hydrogen (secondary N) is 1. The first-order valence-electron chi connectivity index (χ1n) is 7.39. The summed E-state index contributed by atoms with van der Waals surface area (Å²) >= 11 is 0. The van der Waals surface area contributed by atoms with Gasteiger partial charge in [0, 0.05) is 39.3 Å². The molecule has 8 heteroatoms. The van der Waals surface area contributed by atoms with Gasteiger partial charge in [0.15, 0.2) is 0 Å². The van der Waals surface area contributed by atoms with Crippen LogP contribution < -0.4 is 11.1 Å². The smallest absolute Gasteiger partial charge is 0.320 e. The van der Waals surface area contributed by atoms with Crippen molar-refractivity contribution < 1.29 is 19.8 Å². The number of aliphatic hydroxyl groups excluding tert-OH is 1. The summed E-state index contributed by atoms with van der Waals surface area (Å²) in [6.07, 6.45) is 1.82. The van der Waals surface area contributed by atoms with Crippen LogP contribution in [0.4, 0.5) is 4.79 Å². The Morgan fingerprint density at radius 1 is 1.19 bits per heavy atom. The lowest BCUT2D eigenvalue weighted by Gasteiger charge is -2.34. The normalized spacial score (nSPS) is 17.5. The van der Waals surface area contributed by atoms with Crippen LogP contribution in [0.2, 0.25) is 0 Å². The molecule has 2 amide bonds. The van der Waals surface area contributed by atoms with E-state index >= 15 is 0 Å². The maximum Gasteiger partial charge on any atom is 0.320 e. The molecule has 1 rings (SSSR count). The number of nitrogens with zero attached hydrogens (tertiary/aromatic N) is 2. The van der Waals surface area contributed by atoms with Gasteiger partial charge in [0.1, 0.15) is 6.04 Å². The fourth-order valence-corrected chi connectivity index (χ4v) is 2.24. The third-order valence-corrected chi connectivity index (χ3v) is 3.61. The molecule has 0 aromatic heterocycles. The average molecular weight is 302 g/mol. The molecule has 0 bridgehead atoms. The minimum atomic E-state index is -0.986. The summed E-state index contributed by atoms with van der Waals surface area (Å²) in [6, 6.07) is -0.901. The third-order valence-electron chi connectivity index (χ3n) is 3.61. The van der Waals surface area contributed by atoms with E-state index < -0.39 is 12.0 Å². The van der Waals surface area contributed by atoms with Crippen LogP contribution in [-0.4, -0.2) is 83.9 Å². The third kappa shape index (κ3) is 6.74. The first kappa shape index (κ1) is 17.7. The van der Waals surface area contributed by atoms with Gasteiger partial charge in [0.05, 0.1) is 6.61 Å². The number of carbonyl (C=O) groups is 2. The van der Waals surface area contributed by atoms with Gasteiger partial charge >= 0.3 is 12.0 Å². The van der Waals surface area contributed by atoms with Crippen molar-refractivity contribution >= 4 is 12.0 Å². The molecular formula is C13H26N4O4. The molecule has 0 radical (unpaired) electrons. The number of aliphatic carboxylic acids is 1. The lowest BCUT2D eigenvalue weighted by atomic mass is 10.1. The number of carboxylic acid groups (broad SMARTS) is 1. The van der Waals surface area contributed by atoms with Crippen LogP contribution in [0.5, 0.6) is 0 Å². The molecule has 1 saturated heterocycles. The lowest BCUT2D eigenvalue weighted by molar-refractivity contribution is -0.138. The van der Waals surface area contributed by atoms with Gasteiger partial charge < -0.3 is 26.2 Å². The number of nitrogens with two attached hydrogens (primary N) is 1. The van der Waals surface area contributed by atoms with Crippen molar-refractivity contribution in [3.63, 3.8) is 0 Å². The molecule has 21 heavy (non-hydrogen) atoms. The number of carboxylic acids is 1. The molecular weight excluding hydrogens is 276 g/mol. The average Bonchev–Trinajstić information content (AvgIpc) is 2.47. The van der Waals surface area contributed by atoms with Crippen LogP contribution in [0.1, 0.15) is 19.3 Å². The van der Waals surface area contributed by atoms with E-state index in [2.05, 4.69) is 10.2 Å². The number of piperazine rings is 1. The number of urea groups is 1. The first-order valence-corrected chi connectivity index (χ1v) is 7.39. The van der Waals surface area contributed by atoms with E-state index in [1.165, 1.54) is 0 Å². The van der Waals surface area contributed by atoms with E-state index in [1.54, 1.807) is 4.90 Å². The summed E-state index contributed by atoms with van der Waals surface area (Å²) in [5.41, 5.74) is 5.40. The Balaban J connectivity index is 2.08. The Kier molecular flexibility index (Phi) is 8.03. The largest absolute Gasteiger partial charge is 0.480 e. The molecule has 0 aliphatic carbocycles. The van der Waals surface area contributed by atoms with Crippen LogP contribution in [0.15, 0.2) is 0 Å². The van der Waals surface area contributed by atoms with E-state index in [4.69, 9.17) is 15.9 Å². The van der Waals surface area contributed by atoms with E-state index in [0.717, 1.165) is 19.5 Å². The molecule has 0 aromatic carbocycles. The van der Waals surface area contributed by atoms with Crippen molar-refractivity contribution in [3.8, 4) is 0 Å². The van der Waals surface area contributed by atoms with Crippen molar-refractivity contribution in [2.45, 2.75) is 25.3 Å². The Hall–Kier alpha value is -1.38. The highest BCUT2D eigenvalue weighted by atomic mass is 16.4. The second kappa shape index (κ2) is 9.54. The van der Waals surface area contributed by atoms with Crippen LogP contribution in [0.3, 0.4) is 0 Å². The lowest BCUT2D eigenvalue weighted by Crippen LogP contribution is -2.52. The maximum atomic E-state index is 11.9. The number of rotatable bonds is 8. The predicted octanol–water partition coefficient (Wildman–Crippen LogP) is -1.11. The summed E-state index contributed by atoms with van der Waals surface area (Å²) < 4.78 is 0. The second-order valence-electron chi connectivity index (χ2n) is 5.22. The van der Waals surface area contributed by atoms with Crippen LogP contribution >= 0.6 is 0 Å². The molecule has 0 spiro atoms. The molecule has 1 aliphatic rings. The molecule has 122 valence electrons. The zero-order valence-electron chi connectivity index (χ0n) is 12.3. The molecule has 1 atom stereocenters. The number of amides is 2. The van der Waals surface area contributed by atoms with Crippen molar-refractivity contribution in [2.75, 3.05) is 45.9 Å². The van der Waals surface area contributed by atoms with Gasteiger partial charge in [-0.15, -0.1) is 0 Å². The number of hydrogen-bond acceptors (Lipinski definition) is 5. The molecule has 0 saturated carbocycles. The molecule has 5 N–H and O–H groups in total. The highest BCUT2D eigenvalue weighted by Crippen LogP contribution is 2.02. The van der Waals surface area contributed by atoms with Gasteiger partial charge in [-0.3, -0.25) is 9.69 Å². The summed E-state index contributed by atoms with van der Waals surface area (Å²) in [7, 11) is 0.